The van der Waals surface area contributed by atoms with E-state index in [2.05, 4.69) is 5.32 Å². The molecule has 3 aromatic carbocycles. The number of alkyl halides is 3. The van der Waals surface area contributed by atoms with E-state index in [1.807, 2.05) is 6.07 Å². The van der Waals surface area contributed by atoms with E-state index in [9.17, 15) is 30.8 Å². The Morgan fingerprint density at radius 3 is 2.33 bits per heavy atom. The largest absolute Gasteiger partial charge is 0.496 e. The van der Waals surface area contributed by atoms with E-state index in [4.69, 9.17) is 4.74 Å². The van der Waals surface area contributed by atoms with Crippen LogP contribution in [0, 0.1) is 12.7 Å². The van der Waals surface area contributed by atoms with Gasteiger partial charge in [0.1, 0.15) is 11.6 Å². The molecule has 36 heavy (non-hydrogen) atoms. The molecule has 1 amide bonds. The van der Waals surface area contributed by atoms with Gasteiger partial charge in [-0.05, 0) is 60.9 Å². The smallest absolute Gasteiger partial charge is 0.419 e. The first-order valence-corrected chi connectivity index (χ1v) is 12.2. The Morgan fingerprint density at radius 1 is 1.03 bits per heavy atom. The topological polar surface area (TPSA) is 75.7 Å². The molecular formula is C25H24F4N2O4S. The summed E-state index contributed by atoms with van der Waals surface area (Å²) in [6.07, 6.45) is -4.67. The molecule has 3 rings (SSSR count). The van der Waals surface area contributed by atoms with Crippen LogP contribution in [0.15, 0.2) is 71.6 Å². The van der Waals surface area contributed by atoms with Gasteiger partial charge in [-0.15, -0.1) is 0 Å². The highest BCUT2D eigenvalue weighted by molar-refractivity contribution is 7.89. The van der Waals surface area contributed by atoms with Crippen LogP contribution in [0.3, 0.4) is 0 Å². The summed E-state index contributed by atoms with van der Waals surface area (Å²) in [5.74, 6) is -1.88. The summed E-state index contributed by atoms with van der Waals surface area (Å²) in [6.45, 7) is 0.937. The molecule has 0 saturated heterocycles. The quantitative estimate of drug-likeness (QED) is 0.399. The molecule has 192 valence electrons. The number of carbonyl (C=O) groups is 1. The number of benzene rings is 3. The van der Waals surface area contributed by atoms with Gasteiger partial charge in [0.25, 0.3) is 0 Å². The van der Waals surface area contributed by atoms with Crippen LogP contribution < -0.4 is 10.1 Å². The lowest BCUT2D eigenvalue weighted by atomic mass is 10.1. The highest BCUT2D eigenvalue weighted by atomic mass is 32.2. The van der Waals surface area contributed by atoms with Crippen molar-refractivity contribution >= 4 is 21.6 Å². The van der Waals surface area contributed by atoms with Crippen molar-refractivity contribution in [3.05, 3.63) is 89.2 Å². The second kappa shape index (κ2) is 11.1. The van der Waals surface area contributed by atoms with Gasteiger partial charge in [0, 0.05) is 12.2 Å². The van der Waals surface area contributed by atoms with Crippen LogP contribution in [-0.2, 0) is 27.4 Å². The van der Waals surface area contributed by atoms with E-state index in [-0.39, 0.29) is 23.5 Å². The highest BCUT2D eigenvalue weighted by Crippen LogP contribution is 2.33. The number of amides is 1. The molecule has 0 bridgehead atoms. The SMILES string of the molecule is COc1ccc(S(=O)(=O)N(CCc2ccccc2)CC(=O)Nc2ccc(F)c(C(F)(F)F)c2)cc1C. The third-order valence-electron chi connectivity index (χ3n) is 5.37. The van der Waals surface area contributed by atoms with Crippen molar-refractivity contribution in [3.63, 3.8) is 0 Å². The summed E-state index contributed by atoms with van der Waals surface area (Å²) >= 11 is 0. The number of aryl methyl sites for hydroxylation is 1. The maximum absolute atomic E-state index is 13.6. The third-order valence-corrected chi connectivity index (χ3v) is 7.21. The molecular weight excluding hydrogens is 500 g/mol. The van der Waals surface area contributed by atoms with Crippen LogP contribution in [0.25, 0.3) is 0 Å². The van der Waals surface area contributed by atoms with E-state index in [0.29, 0.717) is 23.4 Å². The Hall–Kier alpha value is -3.44. The fourth-order valence-corrected chi connectivity index (χ4v) is 5.01. The number of sulfonamides is 1. The summed E-state index contributed by atoms with van der Waals surface area (Å²) in [5, 5.41) is 2.23. The van der Waals surface area contributed by atoms with E-state index in [1.54, 1.807) is 31.2 Å². The van der Waals surface area contributed by atoms with Crippen molar-refractivity contribution in [2.45, 2.75) is 24.4 Å². The first-order chi connectivity index (χ1) is 16.9. The lowest BCUT2D eigenvalue weighted by molar-refractivity contribution is -0.140. The van der Waals surface area contributed by atoms with Crippen LogP contribution in [0.4, 0.5) is 23.2 Å². The molecule has 3 aromatic rings. The average molecular weight is 525 g/mol. The molecule has 0 aliphatic carbocycles. The minimum absolute atomic E-state index is 0.0669. The number of methoxy groups -OCH3 is 1. The molecule has 0 aliphatic heterocycles. The summed E-state index contributed by atoms with van der Waals surface area (Å²) in [4.78, 5) is 12.6. The van der Waals surface area contributed by atoms with E-state index in [0.717, 1.165) is 15.9 Å². The van der Waals surface area contributed by atoms with Crippen molar-refractivity contribution < 1.29 is 35.5 Å². The summed E-state index contributed by atoms with van der Waals surface area (Å²) in [6, 6.07) is 15.3. The standard InChI is InChI=1S/C25H24F4N2O4S/c1-17-14-20(9-11-23(17)35-2)36(33,34)31(13-12-18-6-4-3-5-7-18)16-24(32)30-19-8-10-22(26)21(15-19)25(27,28)29/h3-11,14-15H,12-13,16H2,1-2H3,(H,30,32). The second-order valence-corrected chi connectivity index (χ2v) is 9.88. The molecule has 0 fully saturated rings. The number of hydrogen-bond acceptors (Lipinski definition) is 4. The number of anilines is 1. The molecule has 6 nitrogen and oxygen atoms in total. The van der Waals surface area contributed by atoms with Crippen LogP contribution in [0.5, 0.6) is 5.75 Å². The van der Waals surface area contributed by atoms with Gasteiger partial charge in [0.05, 0.1) is 24.1 Å². The van der Waals surface area contributed by atoms with Crippen LogP contribution >= 0.6 is 0 Å². The molecule has 1 N–H and O–H groups in total. The number of nitrogens with zero attached hydrogens (tertiary/aromatic N) is 1. The minimum atomic E-state index is -4.96. The lowest BCUT2D eigenvalue weighted by Crippen LogP contribution is -2.39. The van der Waals surface area contributed by atoms with Crippen LogP contribution in [0.1, 0.15) is 16.7 Å². The lowest BCUT2D eigenvalue weighted by Gasteiger charge is -2.22. The Kier molecular flexibility index (Phi) is 8.36. The van der Waals surface area contributed by atoms with Crippen molar-refractivity contribution in [2.75, 3.05) is 25.5 Å². The van der Waals surface area contributed by atoms with Crippen molar-refractivity contribution in [2.24, 2.45) is 0 Å². The fourth-order valence-electron chi connectivity index (χ4n) is 3.52. The van der Waals surface area contributed by atoms with Gasteiger partial charge in [-0.25, -0.2) is 12.8 Å². The molecule has 0 heterocycles. The maximum atomic E-state index is 13.6. The van der Waals surface area contributed by atoms with Gasteiger partial charge in [0.15, 0.2) is 0 Å². The van der Waals surface area contributed by atoms with Gasteiger partial charge >= 0.3 is 6.18 Å². The van der Waals surface area contributed by atoms with Crippen LogP contribution in [-0.4, -0.2) is 38.8 Å². The van der Waals surface area contributed by atoms with E-state index >= 15 is 0 Å². The summed E-state index contributed by atoms with van der Waals surface area (Å²) in [7, 11) is -2.72. The minimum Gasteiger partial charge on any atom is -0.496 e. The summed E-state index contributed by atoms with van der Waals surface area (Å²) in [5.41, 5.74) is -0.452. The molecule has 11 heteroatoms. The van der Waals surface area contributed by atoms with Gasteiger partial charge in [-0.1, -0.05) is 30.3 Å². The first kappa shape index (κ1) is 27.2. The van der Waals surface area contributed by atoms with Gasteiger partial charge in [0.2, 0.25) is 15.9 Å². The van der Waals surface area contributed by atoms with E-state index < -0.39 is 40.0 Å². The zero-order valence-corrected chi connectivity index (χ0v) is 20.3. The fraction of sp³-hybridized carbons (Fsp3) is 0.240. The molecule has 0 spiro atoms. The predicted molar refractivity (Wildman–Crippen MR) is 127 cm³/mol. The van der Waals surface area contributed by atoms with Crippen molar-refractivity contribution in [1.82, 2.24) is 4.31 Å². The average Bonchev–Trinajstić information content (AvgIpc) is 2.82. The zero-order chi connectivity index (χ0) is 26.5. The normalized spacial score (nSPS) is 12.0. The Bertz CT molecular complexity index is 1330. The maximum Gasteiger partial charge on any atom is 0.419 e. The third kappa shape index (κ3) is 6.61. The molecule has 0 aromatic heterocycles. The number of halogens is 4. The van der Waals surface area contributed by atoms with Gasteiger partial charge < -0.3 is 10.1 Å². The zero-order valence-electron chi connectivity index (χ0n) is 19.5. The van der Waals surface area contributed by atoms with Crippen molar-refractivity contribution in [1.29, 1.82) is 0 Å². The van der Waals surface area contributed by atoms with Crippen molar-refractivity contribution in [3.8, 4) is 5.75 Å². The number of nitrogens with one attached hydrogen (secondary N) is 1. The monoisotopic (exact) mass is 524 g/mol. The van der Waals surface area contributed by atoms with Gasteiger partial charge in [-0.3, -0.25) is 4.79 Å². The Morgan fingerprint density at radius 2 is 1.72 bits per heavy atom. The predicted octanol–water partition coefficient (Wildman–Crippen LogP) is 5.03. The van der Waals surface area contributed by atoms with Crippen LogP contribution in [0.2, 0.25) is 0 Å². The molecule has 0 atom stereocenters. The highest BCUT2D eigenvalue weighted by Gasteiger charge is 2.34. The molecule has 0 radical (unpaired) electrons. The number of ether oxygens (including phenoxy) is 1. The van der Waals surface area contributed by atoms with E-state index in [1.165, 1.54) is 25.3 Å². The first-order valence-electron chi connectivity index (χ1n) is 10.8. The molecule has 0 aliphatic rings. The second-order valence-electron chi connectivity index (χ2n) is 7.95. The Balaban J connectivity index is 1.87. The Labute approximate surface area is 206 Å². The molecule has 0 unspecified atom stereocenters. The summed E-state index contributed by atoms with van der Waals surface area (Å²) < 4.78 is 85.6. The number of hydrogen-bond donors (Lipinski definition) is 1. The number of carbonyl (C=O) groups excluding carboxylic acids is 1. The molecule has 0 saturated carbocycles. The van der Waals surface area contributed by atoms with Gasteiger partial charge in [-0.2, -0.15) is 17.5 Å². The number of rotatable bonds is 9.